The third-order valence-corrected chi connectivity index (χ3v) is 4.33. The summed E-state index contributed by atoms with van der Waals surface area (Å²) in [6.45, 7) is 2.26. The molecule has 0 aliphatic heterocycles. The molecule has 0 radical (unpaired) electrons. The first kappa shape index (κ1) is 16.0. The number of hydrogen-bond donors (Lipinski definition) is 1. The van der Waals surface area contributed by atoms with Gasteiger partial charge >= 0.3 is 0 Å². The lowest BCUT2D eigenvalue weighted by atomic mass is 9.87. The van der Waals surface area contributed by atoms with Crippen LogP contribution >= 0.6 is 11.6 Å². The normalized spacial score (nSPS) is 21.7. The van der Waals surface area contributed by atoms with Gasteiger partial charge < -0.3 is 14.8 Å². The van der Waals surface area contributed by atoms with Gasteiger partial charge in [-0.25, -0.2) is 0 Å². The molecule has 1 aliphatic rings. The zero-order valence-electron chi connectivity index (χ0n) is 12.7. The Balaban J connectivity index is 2.10. The molecule has 2 rings (SSSR count). The predicted molar refractivity (Wildman–Crippen MR) is 83.4 cm³/mol. The molecule has 0 heterocycles. The van der Waals surface area contributed by atoms with Crippen molar-refractivity contribution in [2.45, 2.75) is 38.6 Å². The van der Waals surface area contributed by atoms with Gasteiger partial charge in [-0.1, -0.05) is 18.5 Å². The number of halogens is 1. The fourth-order valence-corrected chi connectivity index (χ4v) is 3.01. The van der Waals surface area contributed by atoms with E-state index in [1.165, 1.54) is 14.2 Å². The van der Waals surface area contributed by atoms with Crippen LogP contribution in [-0.2, 0) is 0 Å². The topological polar surface area (TPSA) is 47.6 Å². The van der Waals surface area contributed by atoms with E-state index in [-0.39, 0.29) is 11.9 Å². The third-order valence-electron chi connectivity index (χ3n) is 4.05. The molecule has 21 heavy (non-hydrogen) atoms. The molecule has 1 fully saturated rings. The molecule has 1 aromatic rings. The molecule has 0 saturated heterocycles. The fourth-order valence-electron chi connectivity index (χ4n) is 2.72. The maximum Gasteiger partial charge on any atom is 0.251 e. The quantitative estimate of drug-likeness (QED) is 0.923. The van der Waals surface area contributed by atoms with Crippen molar-refractivity contribution in [1.29, 1.82) is 0 Å². The van der Waals surface area contributed by atoms with Gasteiger partial charge in [0.15, 0.2) is 11.5 Å². The van der Waals surface area contributed by atoms with Crippen molar-refractivity contribution in [2.75, 3.05) is 14.2 Å². The number of nitrogens with one attached hydrogen (secondary N) is 1. The summed E-state index contributed by atoms with van der Waals surface area (Å²) in [7, 11) is 3.05. The van der Waals surface area contributed by atoms with Crippen molar-refractivity contribution in [2.24, 2.45) is 5.92 Å². The van der Waals surface area contributed by atoms with Crippen LogP contribution in [0, 0.1) is 5.92 Å². The molecule has 116 valence electrons. The molecule has 0 atom stereocenters. The highest BCUT2D eigenvalue weighted by Gasteiger charge is 2.21. The average molecular weight is 312 g/mol. The Hall–Kier alpha value is -1.42. The third kappa shape index (κ3) is 3.82. The van der Waals surface area contributed by atoms with Gasteiger partial charge in [0.2, 0.25) is 0 Å². The highest BCUT2D eigenvalue weighted by Crippen LogP contribution is 2.36. The van der Waals surface area contributed by atoms with E-state index >= 15 is 0 Å². The lowest BCUT2D eigenvalue weighted by Gasteiger charge is -2.27. The molecule has 1 amide bonds. The highest BCUT2D eigenvalue weighted by molar-refractivity contribution is 6.32. The zero-order valence-corrected chi connectivity index (χ0v) is 13.5. The number of hydrogen-bond acceptors (Lipinski definition) is 3. The molecular formula is C16H22ClNO3. The van der Waals surface area contributed by atoms with Crippen LogP contribution in [0.5, 0.6) is 11.5 Å². The summed E-state index contributed by atoms with van der Waals surface area (Å²) < 4.78 is 10.4. The Morgan fingerprint density at radius 1 is 1.19 bits per heavy atom. The summed E-state index contributed by atoms with van der Waals surface area (Å²) in [6.07, 6.45) is 4.40. The van der Waals surface area contributed by atoms with Crippen LogP contribution in [0.1, 0.15) is 43.0 Å². The molecule has 0 aromatic heterocycles. The number of benzene rings is 1. The fraction of sp³-hybridized carbons (Fsp3) is 0.562. The summed E-state index contributed by atoms with van der Waals surface area (Å²) in [5, 5.41) is 3.45. The van der Waals surface area contributed by atoms with Crippen LogP contribution in [0.2, 0.25) is 5.02 Å². The van der Waals surface area contributed by atoms with Crippen molar-refractivity contribution in [3.63, 3.8) is 0 Å². The molecule has 0 unspecified atom stereocenters. The lowest BCUT2D eigenvalue weighted by Crippen LogP contribution is -2.37. The van der Waals surface area contributed by atoms with Crippen molar-refractivity contribution < 1.29 is 14.3 Å². The van der Waals surface area contributed by atoms with Crippen LogP contribution < -0.4 is 14.8 Å². The van der Waals surface area contributed by atoms with E-state index in [0.29, 0.717) is 22.1 Å². The standard InChI is InChI=1S/C16H22ClNO3/c1-10-4-6-12(7-5-10)18-16(19)11-8-13(17)15(21-3)14(9-11)20-2/h8-10,12H,4-7H2,1-3H3,(H,18,19). The van der Waals surface area contributed by atoms with Crippen LogP contribution in [-0.4, -0.2) is 26.2 Å². The minimum atomic E-state index is -0.114. The second-order valence-electron chi connectivity index (χ2n) is 5.62. The monoisotopic (exact) mass is 311 g/mol. The number of methoxy groups -OCH3 is 2. The van der Waals surface area contributed by atoms with Gasteiger partial charge in [0.25, 0.3) is 5.91 Å². The van der Waals surface area contributed by atoms with Gasteiger partial charge in [-0.05, 0) is 43.7 Å². The number of rotatable bonds is 4. The molecular weight excluding hydrogens is 290 g/mol. The molecule has 1 aliphatic carbocycles. The Bertz CT molecular complexity index is 510. The van der Waals surface area contributed by atoms with E-state index in [2.05, 4.69) is 12.2 Å². The Morgan fingerprint density at radius 3 is 2.43 bits per heavy atom. The highest BCUT2D eigenvalue weighted by atomic mass is 35.5. The van der Waals surface area contributed by atoms with Crippen molar-refractivity contribution in [1.82, 2.24) is 5.32 Å². The molecule has 1 N–H and O–H groups in total. The molecule has 0 spiro atoms. The summed E-state index contributed by atoms with van der Waals surface area (Å²) in [5.74, 6) is 1.56. The van der Waals surface area contributed by atoms with Crippen LogP contribution in [0.3, 0.4) is 0 Å². The second-order valence-corrected chi connectivity index (χ2v) is 6.03. The largest absolute Gasteiger partial charge is 0.493 e. The van der Waals surface area contributed by atoms with E-state index in [0.717, 1.165) is 31.6 Å². The van der Waals surface area contributed by atoms with E-state index in [4.69, 9.17) is 21.1 Å². The SMILES string of the molecule is COc1cc(C(=O)NC2CCC(C)CC2)cc(Cl)c1OC. The Morgan fingerprint density at radius 2 is 1.86 bits per heavy atom. The van der Waals surface area contributed by atoms with Crippen LogP contribution in [0.25, 0.3) is 0 Å². The first-order valence-electron chi connectivity index (χ1n) is 7.27. The van der Waals surface area contributed by atoms with Gasteiger partial charge in [-0.15, -0.1) is 0 Å². The molecule has 0 bridgehead atoms. The Kier molecular flexibility index (Phi) is 5.34. The van der Waals surface area contributed by atoms with E-state index in [9.17, 15) is 4.79 Å². The summed E-state index contributed by atoms with van der Waals surface area (Å²) >= 11 is 6.13. The van der Waals surface area contributed by atoms with Gasteiger partial charge in [0, 0.05) is 11.6 Å². The van der Waals surface area contributed by atoms with Gasteiger partial charge in [0.1, 0.15) is 0 Å². The maximum absolute atomic E-state index is 12.3. The average Bonchev–Trinajstić information content (AvgIpc) is 2.48. The van der Waals surface area contributed by atoms with E-state index < -0.39 is 0 Å². The number of carbonyl (C=O) groups is 1. The number of ether oxygens (including phenoxy) is 2. The Labute approximate surface area is 130 Å². The molecule has 1 aromatic carbocycles. The predicted octanol–water partition coefficient (Wildman–Crippen LogP) is 3.67. The summed E-state index contributed by atoms with van der Waals surface area (Å²) in [6, 6.07) is 3.52. The van der Waals surface area contributed by atoms with Crippen molar-refractivity contribution in [3.8, 4) is 11.5 Å². The number of amides is 1. The van der Waals surface area contributed by atoms with Gasteiger partial charge in [0.05, 0.1) is 19.2 Å². The van der Waals surface area contributed by atoms with Crippen LogP contribution in [0.15, 0.2) is 12.1 Å². The van der Waals surface area contributed by atoms with Crippen LogP contribution in [0.4, 0.5) is 0 Å². The smallest absolute Gasteiger partial charge is 0.251 e. The minimum absolute atomic E-state index is 0.114. The van der Waals surface area contributed by atoms with E-state index in [1.54, 1.807) is 12.1 Å². The van der Waals surface area contributed by atoms with Gasteiger partial charge in [-0.2, -0.15) is 0 Å². The minimum Gasteiger partial charge on any atom is -0.493 e. The first-order valence-corrected chi connectivity index (χ1v) is 7.65. The molecule has 5 heteroatoms. The summed E-state index contributed by atoms with van der Waals surface area (Å²) in [4.78, 5) is 12.3. The van der Waals surface area contributed by atoms with Gasteiger partial charge in [-0.3, -0.25) is 4.79 Å². The van der Waals surface area contributed by atoms with Crippen molar-refractivity contribution in [3.05, 3.63) is 22.7 Å². The molecule has 4 nitrogen and oxygen atoms in total. The van der Waals surface area contributed by atoms with E-state index in [1.807, 2.05) is 0 Å². The zero-order chi connectivity index (χ0) is 15.4. The maximum atomic E-state index is 12.3. The first-order chi connectivity index (χ1) is 10.0. The molecule has 1 saturated carbocycles. The van der Waals surface area contributed by atoms with Crippen molar-refractivity contribution >= 4 is 17.5 Å². The number of carbonyl (C=O) groups excluding carboxylic acids is 1. The summed E-state index contributed by atoms with van der Waals surface area (Å²) in [5.41, 5.74) is 0.497. The lowest BCUT2D eigenvalue weighted by molar-refractivity contribution is 0.0922. The second kappa shape index (κ2) is 7.03.